The molecule has 1 heteroatoms. The van der Waals surface area contributed by atoms with Crippen LogP contribution in [0.25, 0.3) is 0 Å². The van der Waals surface area contributed by atoms with E-state index in [1.54, 1.807) is 7.11 Å². The largest absolute Gasteiger partial charge is 0.497 e. The number of hydrogen-bond acceptors (Lipinski definition) is 1. The highest BCUT2D eigenvalue weighted by Gasteiger charge is 2.09. The lowest BCUT2D eigenvalue weighted by molar-refractivity contribution is 0.338. The Labute approximate surface area is 164 Å². The van der Waals surface area contributed by atoms with E-state index >= 15 is 0 Å². The fraction of sp³-hybridized carbons (Fsp3) is 0.520. The predicted molar refractivity (Wildman–Crippen MR) is 121 cm³/mol. The van der Waals surface area contributed by atoms with Crippen molar-refractivity contribution in [3.63, 3.8) is 0 Å². The summed E-state index contributed by atoms with van der Waals surface area (Å²) in [6.07, 6.45) is 2.59. The van der Waals surface area contributed by atoms with Crippen molar-refractivity contribution >= 4 is 0 Å². The van der Waals surface area contributed by atoms with Crippen LogP contribution in [0, 0.1) is 12.3 Å². The third-order valence-corrected chi connectivity index (χ3v) is 3.83. The predicted octanol–water partition coefficient (Wildman–Crippen LogP) is 8.58. The monoisotopic (exact) mass is 360 g/mol. The topological polar surface area (TPSA) is 9.23 Å². The molecule has 0 heterocycles. The van der Waals surface area contributed by atoms with Crippen LogP contribution in [-0.4, -0.2) is 7.11 Å². The third-order valence-electron chi connectivity index (χ3n) is 3.83. The van der Waals surface area contributed by atoms with E-state index in [0.717, 1.165) is 5.75 Å². The summed E-state index contributed by atoms with van der Waals surface area (Å²) >= 11 is 0. The third kappa shape index (κ3) is 20.3. The number of benzene rings is 2. The molecule has 0 unspecified atom stereocenters. The van der Waals surface area contributed by atoms with Crippen molar-refractivity contribution in [1.29, 1.82) is 0 Å². The normalized spacial score (nSPS) is 8.69. The van der Waals surface area contributed by atoms with Crippen LogP contribution < -0.4 is 4.74 Å². The molecule has 0 saturated carbocycles. The molecule has 0 amide bonds. The first-order chi connectivity index (χ1) is 12.4. The second-order valence-corrected chi connectivity index (χ2v) is 6.04. The van der Waals surface area contributed by atoms with Crippen LogP contribution in [0.5, 0.6) is 5.75 Å². The van der Waals surface area contributed by atoms with Gasteiger partial charge in [-0.25, -0.2) is 0 Å². The molecule has 0 saturated heterocycles. The fourth-order valence-corrected chi connectivity index (χ4v) is 1.34. The molecule has 0 spiro atoms. The summed E-state index contributed by atoms with van der Waals surface area (Å²) in [5.41, 5.74) is 1.91. The Bertz CT molecular complexity index is 454. The summed E-state index contributed by atoms with van der Waals surface area (Å²) in [7, 11) is 1.66. The van der Waals surface area contributed by atoms with Crippen LogP contribution in [0.3, 0.4) is 0 Å². The molecule has 0 aliphatic rings. The number of ether oxygens (including phenoxy) is 1. The molecular weight excluding hydrogens is 316 g/mol. The van der Waals surface area contributed by atoms with Gasteiger partial charge in [-0.05, 0) is 24.5 Å². The van der Waals surface area contributed by atoms with E-state index in [9.17, 15) is 0 Å². The number of methoxy groups -OCH3 is 1. The molecule has 0 aromatic heterocycles. The Balaban J connectivity index is -0.000000279. The molecule has 2 rings (SSSR count). The van der Waals surface area contributed by atoms with Gasteiger partial charge in [-0.2, -0.15) is 0 Å². The molecule has 26 heavy (non-hydrogen) atoms. The highest BCUT2D eigenvalue weighted by molar-refractivity contribution is 5.20. The van der Waals surface area contributed by atoms with Crippen molar-refractivity contribution in [2.24, 2.45) is 5.41 Å². The first-order valence-corrected chi connectivity index (χ1v) is 10.1. The molecule has 0 N–H and O–H groups in total. The van der Waals surface area contributed by atoms with E-state index in [1.165, 1.54) is 18.4 Å². The quantitative estimate of drug-likeness (QED) is 0.532. The lowest BCUT2D eigenvalue weighted by atomic mass is 9.88. The number of rotatable bonds is 3. The fourth-order valence-electron chi connectivity index (χ4n) is 1.34. The maximum Gasteiger partial charge on any atom is 0.118 e. The van der Waals surface area contributed by atoms with Crippen LogP contribution in [-0.2, 0) is 0 Å². The molecule has 2 aromatic rings. The summed E-state index contributed by atoms with van der Waals surface area (Å²) in [5, 5.41) is 0. The van der Waals surface area contributed by atoms with E-state index in [2.05, 4.69) is 46.8 Å². The molecule has 0 bridgehead atoms. The Morgan fingerprint density at radius 2 is 1.04 bits per heavy atom. The van der Waals surface area contributed by atoms with Crippen LogP contribution in [0.4, 0.5) is 0 Å². The molecule has 0 fully saturated rings. The van der Waals surface area contributed by atoms with Crippen molar-refractivity contribution < 1.29 is 4.74 Å². The van der Waals surface area contributed by atoms with Gasteiger partial charge in [0.25, 0.3) is 0 Å². The van der Waals surface area contributed by atoms with Gasteiger partial charge in [0.05, 0.1) is 7.11 Å². The van der Waals surface area contributed by atoms with E-state index in [-0.39, 0.29) is 0 Å². The van der Waals surface area contributed by atoms with Gasteiger partial charge in [0, 0.05) is 0 Å². The van der Waals surface area contributed by atoms with Gasteiger partial charge in [-0.15, -0.1) is 0 Å². The zero-order valence-electron chi connectivity index (χ0n) is 19.1. The summed E-state index contributed by atoms with van der Waals surface area (Å²) in [4.78, 5) is 0. The van der Waals surface area contributed by atoms with Gasteiger partial charge in [0.15, 0.2) is 0 Å². The van der Waals surface area contributed by atoms with E-state index in [1.807, 2.05) is 76.2 Å². The minimum absolute atomic E-state index is 0.583. The zero-order chi connectivity index (χ0) is 20.8. The lowest BCUT2D eigenvalue weighted by Gasteiger charge is -2.18. The maximum atomic E-state index is 4.91. The van der Waals surface area contributed by atoms with Crippen molar-refractivity contribution in [2.75, 3.05) is 7.11 Å². The minimum Gasteiger partial charge on any atom is -0.497 e. The summed E-state index contributed by atoms with van der Waals surface area (Å²) in [6, 6.07) is 19.9. The van der Waals surface area contributed by atoms with Gasteiger partial charge >= 0.3 is 0 Å². The van der Waals surface area contributed by atoms with Crippen LogP contribution in [0.15, 0.2) is 60.7 Å². The smallest absolute Gasteiger partial charge is 0.118 e. The lowest BCUT2D eigenvalue weighted by Crippen LogP contribution is -2.05. The van der Waals surface area contributed by atoms with Gasteiger partial charge < -0.3 is 4.74 Å². The van der Waals surface area contributed by atoms with Crippen LogP contribution in [0.1, 0.15) is 73.8 Å². The molecule has 2 aromatic carbocycles. The standard InChI is InChI=1S/C7H8O.C7H8.C7H16.2C2H6/c1-8-7-5-3-2-4-6-7;1-7-5-3-2-4-6-7;1-5-7(3,4)6-2;2*1-2/h2-6H,1H3;2-6H,1H3;5-6H2,1-4H3;2*1-2H3. The molecule has 0 aliphatic carbocycles. The molecule has 1 nitrogen and oxygen atoms in total. The zero-order valence-corrected chi connectivity index (χ0v) is 19.1. The number of hydrogen-bond donors (Lipinski definition) is 0. The second-order valence-electron chi connectivity index (χ2n) is 6.04. The number of para-hydroxylation sites is 1. The van der Waals surface area contributed by atoms with Crippen molar-refractivity contribution in [1.82, 2.24) is 0 Å². The van der Waals surface area contributed by atoms with Gasteiger partial charge in [-0.1, -0.05) is 122 Å². The highest BCUT2D eigenvalue weighted by Crippen LogP contribution is 2.22. The Hall–Kier alpha value is -1.76. The van der Waals surface area contributed by atoms with Crippen LogP contribution >= 0.6 is 0 Å². The van der Waals surface area contributed by atoms with Crippen molar-refractivity contribution in [3.05, 3.63) is 66.2 Å². The molecule has 0 radical (unpaired) electrons. The van der Waals surface area contributed by atoms with Gasteiger partial charge in [-0.3, -0.25) is 0 Å². The molecule has 0 atom stereocenters. The first-order valence-electron chi connectivity index (χ1n) is 10.1. The summed E-state index contributed by atoms with van der Waals surface area (Å²) in [6.45, 7) is 19.2. The molecular formula is C25H44O. The van der Waals surface area contributed by atoms with Gasteiger partial charge in [0.2, 0.25) is 0 Å². The summed E-state index contributed by atoms with van der Waals surface area (Å²) in [5.74, 6) is 0.910. The Morgan fingerprint density at radius 1 is 0.692 bits per heavy atom. The maximum absolute atomic E-state index is 4.91. The van der Waals surface area contributed by atoms with Gasteiger partial charge in [0.1, 0.15) is 5.75 Å². The summed E-state index contributed by atoms with van der Waals surface area (Å²) < 4.78 is 4.91. The van der Waals surface area contributed by atoms with E-state index in [0.29, 0.717) is 5.41 Å². The van der Waals surface area contributed by atoms with Crippen molar-refractivity contribution in [2.45, 2.75) is 75.2 Å². The SMILES string of the molecule is CC.CC.CCC(C)(C)CC.COc1ccccc1.Cc1ccccc1. The average molecular weight is 361 g/mol. The average Bonchev–Trinajstić information content (AvgIpc) is 2.73. The van der Waals surface area contributed by atoms with E-state index < -0.39 is 0 Å². The number of aryl methyl sites for hydroxylation is 1. The minimum atomic E-state index is 0.583. The highest BCUT2D eigenvalue weighted by atomic mass is 16.5. The first kappa shape index (κ1) is 29.0. The Kier molecular flexibility index (Phi) is 23.8. The second kappa shape index (κ2) is 21.3. The van der Waals surface area contributed by atoms with E-state index in [4.69, 9.17) is 4.74 Å². The molecule has 0 aliphatic heterocycles. The molecule has 150 valence electrons. The Morgan fingerprint density at radius 3 is 1.19 bits per heavy atom. The van der Waals surface area contributed by atoms with Crippen LogP contribution in [0.2, 0.25) is 0 Å². The van der Waals surface area contributed by atoms with Crippen molar-refractivity contribution in [3.8, 4) is 5.75 Å².